The van der Waals surface area contributed by atoms with Crippen LogP contribution in [0, 0.1) is 29.6 Å². The summed E-state index contributed by atoms with van der Waals surface area (Å²) < 4.78 is 6.21. The zero-order chi connectivity index (χ0) is 28.3. The summed E-state index contributed by atoms with van der Waals surface area (Å²) in [7, 11) is 0. The van der Waals surface area contributed by atoms with Crippen molar-refractivity contribution < 1.29 is 14.6 Å². The number of unbranched alkanes of at least 4 members (excludes halogenated alkanes) is 2. The Morgan fingerprint density at radius 2 is 1.90 bits per heavy atom. The Hall–Kier alpha value is -4.43. The van der Waals surface area contributed by atoms with E-state index in [1.807, 2.05) is 78.6 Å². The van der Waals surface area contributed by atoms with Crippen LogP contribution in [0.3, 0.4) is 0 Å². The van der Waals surface area contributed by atoms with Crippen molar-refractivity contribution in [1.29, 1.82) is 10.5 Å². The average Bonchev–Trinajstić information content (AvgIpc) is 2.97. The first-order valence-electron chi connectivity index (χ1n) is 13.6. The molecule has 4 rings (SSSR count). The number of aryl methyl sites for hydroxylation is 1. The predicted octanol–water partition coefficient (Wildman–Crippen LogP) is 5.64. The molecule has 1 aliphatic heterocycles. The number of carbonyl (C=O) groups is 1. The minimum Gasteiger partial charge on any atom is -0.493 e. The molecular weight excluding hydrogens is 500 g/mol. The molecule has 1 fully saturated rings. The number of benzene rings is 3. The first-order valence-corrected chi connectivity index (χ1v) is 13.6. The molecule has 1 saturated heterocycles. The van der Waals surface area contributed by atoms with Crippen molar-refractivity contribution in [3.63, 3.8) is 0 Å². The second-order valence-corrected chi connectivity index (χ2v) is 9.89. The Labute approximate surface area is 235 Å². The molecular formula is C33H34N4O3. The summed E-state index contributed by atoms with van der Waals surface area (Å²) in [5.74, 6) is -0.128. The molecule has 1 atom stereocenters. The molecule has 1 heterocycles. The van der Waals surface area contributed by atoms with Gasteiger partial charge in [-0.15, -0.1) is 0 Å². The number of nitriles is 2. The molecule has 0 radical (unpaired) electrons. The summed E-state index contributed by atoms with van der Waals surface area (Å²) in [5, 5.41) is 31.7. The number of hydrogen-bond acceptors (Lipinski definition) is 6. The molecule has 0 aromatic heterocycles. The van der Waals surface area contributed by atoms with E-state index in [0.717, 1.165) is 52.8 Å². The van der Waals surface area contributed by atoms with E-state index in [0.29, 0.717) is 44.0 Å². The Balaban J connectivity index is 1.64. The van der Waals surface area contributed by atoms with Crippen LogP contribution in [-0.2, 0) is 11.3 Å². The van der Waals surface area contributed by atoms with Gasteiger partial charge in [-0.3, -0.25) is 9.69 Å². The van der Waals surface area contributed by atoms with Crippen molar-refractivity contribution in [3.8, 4) is 29.0 Å². The molecule has 1 unspecified atom stereocenters. The lowest BCUT2D eigenvalue weighted by Crippen LogP contribution is -2.54. The molecule has 2 N–H and O–H groups in total. The lowest BCUT2D eigenvalue weighted by molar-refractivity contribution is -0.144. The summed E-state index contributed by atoms with van der Waals surface area (Å²) in [6, 6.07) is 23.8. The largest absolute Gasteiger partial charge is 0.493 e. The molecule has 0 amide bonds. The van der Waals surface area contributed by atoms with Crippen LogP contribution in [0.4, 0.5) is 0 Å². The van der Waals surface area contributed by atoms with E-state index in [1.54, 1.807) is 0 Å². The van der Waals surface area contributed by atoms with Crippen molar-refractivity contribution >= 4 is 18.1 Å². The summed E-state index contributed by atoms with van der Waals surface area (Å²) in [4.78, 5) is 13.8. The SMILES string of the molecule is Cc1cc(CN2CCNCC2C(=O)O)c(OCCCCC#N)cc1/C=C/c1cccc(-c2ccccc2)c1C#N. The van der Waals surface area contributed by atoms with Gasteiger partial charge in [0.05, 0.1) is 18.2 Å². The third-order valence-corrected chi connectivity index (χ3v) is 7.14. The smallest absolute Gasteiger partial charge is 0.322 e. The van der Waals surface area contributed by atoms with Crippen LogP contribution in [0.25, 0.3) is 23.3 Å². The van der Waals surface area contributed by atoms with E-state index in [-0.39, 0.29) is 0 Å². The lowest BCUT2D eigenvalue weighted by atomic mass is 9.95. The van der Waals surface area contributed by atoms with Crippen LogP contribution in [-0.4, -0.2) is 48.3 Å². The Morgan fingerprint density at radius 1 is 1.10 bits per heavy atom. The van der Waals surface area contributed by atoms with Gasteiger partial charge in [0.25, 0.3) is 0 Å². The minimum absolute atomic E-state index is 0.406. The van der Waals surface area contributed by atoms with Gasteiger partial charge in [0.1, 0.15) is 17.9 Å². The molecule has 7 nitrogen and oxygen atoms in total. The Morgan fingerprint density at radius 3 is 2.65 bits per heavy atom. The van der Waals surface area contributed by atoms with Crippen LogP contribution in [0.1, 0.15) is 47.1 Å². The number of ether oxygens (including phenoxy) is 1. The van der Waals surface area contributed by atoms with E-state index < -0.39 is 12.0 Å². The molecule has 1 aliphatic rings. The first-order chi connectivity index (χ1) is 19.5. The Bertz CT molecular complexity index is 1440. The molecule has 3 aromatic rings. The van der Waals surface area contributed by atoms with Crippen LogP contribution < -0.4 is 10.1 Å². The summed E-state index contributed by atoms with van der Waals surface area (Å²) >= 11 is 0. The van der Waals surface area contributed by atoms with Gasteiger partial charge in [-0.2, -0.15) is 10.5 Å². The maximum absolute atomic E-state index is 11.8. The summed E-state index contributed by atoms with van der Waals surface area (Å²) in [5.41, 5.74) is 6.26. The van der Waals surface area contributed by atoms with Crippen LogP contribution in [0.5, 0.6) is 5.75 Å². The van der Waals surface area contributed by atoms with Gasteiger partial charge in [-0.25, -0.2) is 0 Å². The highest BCUT2D eigenvalue weighted by atomic mass is 16.5. The van der Waals surface area contributed by atoms with E-state index >= 15 is 0 Å². The van der Waals surface area contributed by atoms with Crippen LogP contribution in [0.15, 0.2) is 60.7 Å². The minimum atomic E-state index is -0.839. The fourth-order valence-corrected chi connectivity index (χ4v) is 4.96. The second-order valence-electron chi connectivity index (χ2n) is 9.89. The zero-order valence-corrected chi connectivity index (χ0v) is 22.8. The van der Waals surface area contributed by atoms with E-state index in [2.05, 4.69) is 23.5 Å². The molecule has 0 aliphatic carbocycles. The number of carboxylic acids is 1. The normalized spacial score (nSPS) is 15.4. The van der Waals surface area contributed by atoms with Crippen LogP contribution in [0.2, 0.25) is 0 Å². The van der Waals surface area contributed by atoms with Crippen molar-refractivity contribution in [3.05, 3.63) is 88.5 Å². The maximum Gasteiger partial charge on any atom is 0.322 e. The third-order valence-electron chi connectivity index (χ3n) is 7.14. The van der Waals surface area contributed by atoms with Gasteiger partial charge in [-0.05, 0) is 48.1 Å². The lowest BCUT2D eigenvalue weighted by Gasteiger charge is -2.34. The van der Waals surface area contributed by atoms with Crippen molar-refractivity contribution in [2.75, 3.05) is 26.2 Å². The van der Waals surface area contributed by atoms with Gasteiger partial charge in [0, 0.05) is 43.7 Å². The fraction of sp³-hybridized carbons (Fsp3) is 0.303. The molecule has 3 aromatic carbocycles. The molecule has 204 valence electrons. The number of piperazine rings is 1. The highest BCUT2D eigenvalue weighted by molar-refractivity contribution is 5.81. The third kappa shape index (κ3) is 7.15. The highest BCUT2D eigenvalue weighted by Gasteiger charge is 2.29. The number of rotatable bonds is 11. The van der Waals surface area contributed by atoms with Gasteiger partial charge in [-0.1, -0.05) is 66.7 Å². The molecule has 0 saturated carbocycles. The molecule has 0 spiro atoms. The Kier molecular flexibility index (Phi) is 10.1. The quantitative estimate of drug-likeness (QED) is 0.242. The summed E-state index contributed by atoms with van der Waals surface area (Å²) in [6.45, 7) is 4.74. The zero-order valence-electron chi connectivity index (χ0n) is 22.8. The average molecular weight is 535 g/mol. The number of hydrogen-bond donors (Lipinski definition) is 2. The molecule has 0 bridgehead atoms. The molecule has 40 heavy (non-hydrogen) atoms. The van der Waals surface area contributed by atoms with E-state index in [9.17, 15) is 15.2 Å². The van der Waals surface area contributed by atoms with E-state index in [4.69, 9.17) is 10.00 Å². The number of aliphatic carboxylic acids is 1. The fourth-order valence-electron chi connectivity index (χ4n) is 4.96. The first kappa shape index (κ1) is 28.6. The van der Waals surface area contributed by atoms with Crippen molar-refractivity contribution in [2.24, 2.45) is 0 Å². The molecule has 7 heteroatoms. The topological polar surface area (TPSA) is 109 Å². The summed E-state index contributed by atoms with van der Waals surface area (Å²) in [6.07, 6.45) is 5.97. The van der Waals surface area contributed by atoms with Crippen molar-refractivity contribution in [1.82, 2.24) is 10.2 Å². The maximum atomic E-state index is 11.8. The van der Waals surface area contributed by atoms with E-state index in [1.165, 1.54) is 0 Å². The van der Waals surface area contributed by atoms with Gasteiger partial charge >= 0.3 is 5.97 Å². The van der Waals surface area contributed by atoms with Gasteiger partial charge < -0.3 is 15.2 Å². The van der Waals surface area contributed by atoms with Gasteiger partial charge in [0.2, 0.25) is 0 Å². The number of carboxylic acid groups (broad SMARTS) is 1. The number of nitrogens with zero attached hydrogens (tertiary/aromatic N) is 3. The van der Waals surface area contributed by atoms with Crippen LogP contribution >= 0.6 is 0 Å². The van der Waals surface area contributed by atoms with Crippen molar-refractivity contribution in [2.45, 2.75) is 38.8 Å². The predicted molar refractivity (Wildman–Crippen MR) is 156 cm³/mol. The second kappa shape index (κ2) is 14.1. The van der Waals surface area contributed by atoms with Gasteiger partial charge in [0.15, 0.2) is 0 Å². The highest BCUT2D eigenvalue weighted by Crippen LogP contribution is 2.30. The number of nitrogens with one attached hydrogen (secondary N) is 1. The monoisotopic (exact) mass is 534 g/mol. The standard InChI is InChI=1S/C33H34N4O3/c1-24-19-28(23-37-17-16-36-22-31(37)33(38)39)32(40-18-7-3-6-15-34)20-27(24)14-13-26-11-8-12-29(30(26)21-35)25-9-4-2-5-10-25/h2,4-5,8-14,19-20,31,36H,3,6-7,16-18,22-23H2,1H3,(H,38,39)/b14-13+.